The Bertz CT molecular complexity index is 1050. The lowest BCUT2D eigenvalue weighted by molar-refractivity contribution is -0.129. The zero-order valence-corrected chi connectivity index (χ0v) is 15.5. The number of carbonyl (C=O) groups is 1. The molecule has 4 nitrogen and oxygen atoms in total. The molecular weight excluding hydrogens is 358 g/mol. The van der Waals surface area contributed by atoms with Gasteiger partial charge >= 0.3 is 0 Å². The van der Waals surface area contributed by atoms with E-state index in [1.807, 2.05) is 78.9 Å². The van der Waals surface area contributed by atoms with Crippen molar-refractivity contribution in [3.8, 4) is 11.1 Å². The minimum atomic E-state index is -1.20. The number of nitrogens with zero attached hydrogens (tertiary/aromatic N) is 2. The Kier molecular flexibility index (Phi) is 4.21. The van der Waals surface area contributed by atoms with Crippen LogP contribution in [-0.2, 0) is 10.3 Å². The Balaban J connectivity index is 1.95. The average molecular weight is 376 g/mol. The summed E-state index contributed by atoms with van der Waals surface area (Å²) in [6.07, 6.45) is 0. The van der Waals surface area contributed by atoms with Crippen LogP contribution in [0.1, 0.15) is 11.1 Å². The smallest absolute Gasteiger partial charge is 0.266 e. The van der Waals surface area contributed by atoms with Crippen LogP contribution in [0.15, 0.2) is 83.9 Å². The first-order chi connectivity index (χ1) is 13.0. The maximum Gasteiger partial charge on any atom is 0.266 e. The molecule has 0 saturated carbocycles. The van der Waals surface area contributed by atoms with Crippen LogP contribution in [0, 0.1) is 0 Å². The van der Waals surface area contributed by atoms with Crippen molar-refractivity contribution in [1.29, 1.82) is 0 Å². The number of halogens is 1. The van der Waals surface area contributed by atoms with E-state index in [-0.39, 0.29) is 11.9 Å². The van der Waals surface area contributed by atoms with E-state index in [0.29, 0.717) is 5.02 Å². The molecule has 0 aromatic heterocycles. The lowest BCUT2D eigenvalue weighted by Crippen LogP contribution is -2.41. The van der Waals surface area contributed by atoms with Crippen LogP contribution in [-0.4, -0.2) is 23.8 Å². The third kappa shape index (κ3) is 2.69. The fourth-order valence-electron chi connectivity index (χ4n) is 3.47. The normalized spacial score (nSPS) is 19.3. The van der Waals surface area contributed by atoms with E-state index < -0.39 is 5.54 Å². The van der Waals surface area contributed by atoms with E-state index in [1.54, 1.807) is 7.05 Å². The summed E-state index contributed by atoms with van der Waals surface area (Å²) in [4.78, 5) is 19.3. The zero-order chi connectivity index (χ0) is 19.0. The minimum Gasteiger partial charge on any atom is -0.369 e. The highest BCUT2D eigenvalue weighted by Crippen LogP contribution is 2.40. The number of likely N-dealkylation sites (N-methyl/N-ethyl adjacent to an activating group) is 1. The second-order valence-corrected chi connectivity index (χ2v) is 6.88. The molecule has 1 aliphatic rings. The fourth-order valence-corrected chi connectivity index (χ4v) is 3.72. The number of carbonyl (C=O) groups excluding carboxylic acids is 1. The molecule has 3 aromatic rings. The largest absolute Gasteiger partial charge is 0.369 e. The predicted octanol–water partition coefficient (Wildman–Crippen LogP) is 4.04. The molecule has 0 aliphatic carbocycles. The van der Waals surface area contributed by atoms with E-state index in [1.165, 1.54) is 4.90 Å². The van der Waals surface area contributed by atoms with Gasteiger partial charge in [0, 0.05) is 17.6 Å². The van der Waals surface area contributed by atoms with Crippen molar-refractivity contribution in [2.24, 2.45) is 10.7 Å². The number of hydrogen-bond acceptors (Lipinski definition) is 3. The quantitative estimate of drug-likeness (QED) is 0.751. The molecule has 5 heteroatoms. The van der Waals surface area contributed by atoms with Gasteiger partial charge in [0.15, 0.2) is 11.5 Å². The maximum absolute atomic E-state index is 13.3. The molecule has 1 aliphatic heterocycles. The van der Waals surface area contributed by atoms with E-state index in [2.05, 4.69) is 4.99 Å². The molecule has 2 N–H and O–H groups in total. The van der Waals surface area contributed by atoms with E-state index in [9.17, 15) is 4.79 Å². The Morgan fingerprint density at radius 2 is 1.59 bits per heavy atom. The van der Waals surface area contributed by atoms with Crippen LogP contribution < -0.4 is 5.73 Å². The second kappa shape index (κ2) is 6.56. The van der Waals surface area contributed by atoms with E-state index >= 15 is 0 Å². The Morgan fingerprint density at radius 1 is 0.926 bits per heavy atom. The fraction of sp³-hybridized carbons (Fsp3) is 0.0909. The third-order valence-electron chi connectivity index (χ3n) is 4.90. The summed E-state index contributed by atoms with van der Waals surface area (Å²) in [5.41, 5.74) is 8.18. The minimum absolute atomic E-state index is 0.178. The molecule has 134 valence electrons. The number of guanidine groups is 1. The van der Waals surface area contributed by atoms with Crippen molar-refractivity contribution in [3.05, 3.63) is 95.0 Å². The van der Waals surface area contributed by atoms with Gasteiger partial charge < -0.3 is 5.73 Å². The van der Waals surface area contributed by atoms with Gasteiger partial charge in [0.25, 0.3) is 5.91 Å². The monoisotopic (exact) mass is 375 g/mol. The predicted molar refractivity (Wildman–Crippen MR) is 109 cm³/mol. The third-order valence-corrected chi connectivity index (χ3v) is 5.23. The molecular formula is C22H18ClN3O. The van der Waals surface area contributed by atoms with Gasteiger partial charge in [-0.3, -0.25) is 9.69 Å². The van der Waals surface area contributed by atoms with Gasteiger partial charge in [0.1, 0.15) is 0 Å². The maximum atomic E-state index is 13.3. The van der Waals surface area contributed by atoms with Gasteiger partial charge in [-0.05, 0) is 28.8 Å². The molecule has 0 bridgehead atoms. The molecule has 0 spiro atoms. The van der Waals surface area contributed by atoms with Crippen LogP contribution in [0.4, 0.5) is 0 Å². The Labute approximate surface area is 162 Å². The van der Waals surface area contributed by atoms with Gasteiger partial charge in [-0.1, -0.05) is 78.3 Å². The summed E-state index contributed by atoms with van der Waals surface area (Å²) >= 11 is 6.37. The Hall–Kier alpha value is -3.11. The number of hydrogen-bond donors (Lipinski definition) is 1. The van der Waals surface area contributed by atoms with Crippen LogP contribution in [0.3, 0.4) is 0 Å². The SMILES string of the molecule is CN1C(=O)C(c2ccccc2)(c2cccc(-c3ccccc3Cl)c2)N=C1N. The molecule has 3 aromatic carbocycles. The van der Waals surface area contributed by atoms with Gasteiger partial charge in [-0.15, -0.1) is 0 Å². The van der Waals surface area contributed by atoms with Crippen LogP contribution in [0.5, 0.6) is 0 Å². The molecule has 1 amide bonds. The van der Waals surface area contributed by atoms with Gasteiger partial charge in [-0.25, -0.2) is 4.99 Å². The summed E-state index contributed by atoms with van der Waals surface area (Å²) in [6, 6.07) is 24.9. The average Bonchev–Trinajstić information content (AvgIpc) is 2.94. The van der Waals surface area contributed by atoms with Crippen LogP contribution in [0.2, 0.25) is 5.02 Å². The number of benzene rings is 3. The molecule has 1 unspecified atom stereocenters. The Morgan fingerprint density at radius 3 is 2.26 bits per heavy atom. The molecule has 0 fully saturated rings. The summed E-state index contributed by atoms with van der Waals surface area (Å²) in [5.74, 6) is 0.0227. The highest BCUT2D eigenvalue weighted by Gasteiger charge is 2.49. The first-order valence-electron chi connectivity index (χ1n) is 8.58. The summed E-state index contributed by atoms with van der Waals surface area (Å²) in [6.45, 7) is 0. The van der Waals surface area contributed by atoms with E-state index in [0.717, 1.165) is 22.3 Å². The number of amides is 1. The van der Waals surface area contributed by atoms with Crippen molar-refractivity contribution in [2.75, 3.05) is 7.05 Å². The highest BCUT2D eigenvalue weighted by atomic mass is 35.5. The summed E-state index contributed by atoms with van der Waals surface area (Å²) in [5, 5.41) is 0.654. The van der Waals surface area contributed by atoms with Crippen molar-refractivity contribution in [3.63, 3.8) is 0 Å². The van der Waals surface area contributed by atoms with Gasteiger partial charge in [-0.2, -0.15) is 0 Å². The molecule has 4 rings (SSSR count). The number of nitrogens with two attached hydrogens (primary N) is 1. The first-order valence-corrected chi connectivity index (χ1v) is 8.96. The highest BCUT2D eigenvalue weighted by molar-refractivity contribution is 6.33. The standard InChI is InChI=1S/C22H18ClN3O/c1-26-20(27)22(25-21(26)24,16-9-3-2-4-10-16)17-11-7-8-15(14-17)18-12-5-6-13-19(18)23/h2-14H,1H3,(H2,24,25). The zero-order valence-electron chi connectivity index (χ0n) is 14.8. The summed E-state index contributed by atoms with van der Waals surface area (Å²) in [7, 11) is 1.64. The molecule has 0 saturated heterocycles. The first kappa shape index (κ1) is 17.3. The van der Waals surface area contributed by atoms with Crippen molar-refractivity contribution >= 4 is 23.5 Å². The molecule has 0 radical (unpaired) electrons. The second-order valence-electron chi connectivity index (χ2n) is 6.47. The van der Waals surface area contributed by atoms with Crippen molar-refractivity contribution < 1.29 is 4.79 Å². The van der Waals surface area contributed by atoms with Crippen LogP contribution >= 0.6 is 11.6 Å². The topological polar surface area (TPSA) is 58.7 Å². The summed E-state index contributed by atoms with van der Waals surface area (Å²) < 4.78 is 0. The molecule has 27 heavy (non-hydrogen) atoms. The number of rotatable bonds is 3. The van der Waals surface area contributed by atoms with Crippen molar-refractivity contribution in [1.82, 2.24) is 4.90 Å². The van der Waals surface area contributed by atoms with Crippen molar-refractivity contribution in [2.45, 2.75) is 5.54 Å². The van der Waals surface area contributed by atoms with Gasteiger partial charge in [0.2, 0.25) is 0 Å². The number of aliphatic imine (C=N–C) groups is 1. The van der Waals surface area contributed by atoms with Gasteiger partial charge in [0.05, 0.1) is 0 Å². The van der Waals surface area contributed by atoms with Crippen LogP contribution in [0.25, 0.3) is 11.1 Å². The molecule has 1 heterocycles. The molecule has 1 atom stereocenters. The van der Waals surface area contributed by atoms with E-state index in [4.69, 9.17) is 17.3 Å². The lowest BCUT2D eigenvalue weighted by Gasteiger charge is -2.26. The lowest BCUT2D eigenvalue weighted by atomic mass is 9.82.